The van der Waals surface area contributed by atoms with E-state index in [1.807, 2.05) is 38.5 Å². The molecule has 0 bridgehead atoms. The van der Waals surface area contributed by atoms with Crippen molar-refractivity contribution in [3.05, 3.63) is 52.3 Å². The molecular formula is C18H25BrIN5O2. The molecule has 1 amide bonds. The Labute approximate surface area is 185 Å². The molecule has 2 rings (SSSR count). The van der Waals surface area contributed by atoms with Crippen LogP contribution >= 0.6 is 39.9 Å². The average molecular weight is 550 g/mol. The Hall–Kier alpha value is -1.75. The molecule has 0 atom stereocenters. The first kappa shape index (κ1) is 23.3. The van der Waals surface area contributed by atoms with Gasteiger partial charge in [0, 0.05) is 44.1 Å². The summed E-state index contributed by atoms with van der Waals surface area (Å²) in [4.78, 5) is 17.2. The van der Waals surface area contributed by atoms with Crippen molar-refractivity contribution < 1.29 is 9.53 Å². The third kappa shape index (κ3) is 7.41. The maximum absolute atomic E-state index is 10.8. The Morgan fingerprint density at radius 3 is 2.74 bits per heavy atom. The van der Waals surface area contributed by atoms with Gasteiger partial charge in [-0.2, -0.15) is 0 Å². The summed E-state index contributed by atoms with van der Waals surface area (Å²) in [6, 6.07) is 9.61. The molecule has 1 aromatic carbocycles. The number of nitrogens with two attached hydrogens (primary N) is 1. The minimum atomic E-state index is -0.497. The first-order valence-corrected chi connectivity index (χ1v) is 8.91. The topological polar surface area (TPSA) is 84.9 Å². The van der Waals surface area contributed by atoms with Gasteiger partial charge in [0.2, 0.25) is 0 Å². The Kier molecular flexibility index (Phi) is 9.64. The average Bonchev–Trinajstić information content (AvgIpc) is 2.91. The number of nitrogens with one attached hydrogen (secondary N) is 1. The van der Waals surface area contributed by atoms with E-state index in [0.717, 1.165) is 22.5 Å². The highest BCUT2D eigenvalue weighted by Crippen LogP contribution is 2.15. The molecule has 3 N–H and O–H groups in total. The van der Waals surface area contributed by atoms with Crippen LogP contribution in [0.5, 0.6) is 5.75 Å². The maximum atomic E-state index is 10.8. The lowest BCUT2D eigenvalue weighted by atomic mass is 10.2. The van der Waals surface area contributed by atoms with Gasteiger partial charge in [-0.1, -0.05) is 12.1 Å². The molecule has 9 heteroatoms. The van der Waals surface area contributed by atoms with Gasteiger partial charge in [0.1, 0.15) is 5.75 Å². The molecule has 1 aromatic heterocycles. The molecule has 7 nitrogen and oxygen atoms in total. The van der Waals surface area contributed by atoms with E-state index in [-0.39, 0.29) is 30.6 Å². The number of hydrogen-bond acceptors (Lipinski definition) is 3. The van der Waals surface area contributed by atoms with Gasteiger partial charge in [-0.3, -0.25) is 9.79 Å². The van der Waals surface area contributed by atoms with Crippen LogP contribution in [0.1, 0.15) is 11.3 Å². The summed E-state index contributed by atoms with van der Waals surface area (Å²) in [5.74, 6) is 0.897. The minimum Gasteiger partial charge on any atom is -0.484 e. The van der Waals surface area contributed by atoms with Crippen molar-refractivity contribution in [1.82, 2.24) is 14.8 Å². The van der Waals surface area contributed by atoms with Gasteiger partial charge in [0.05, 0.1) is 6.54 Å². The fourth-order valence-electron chi connectivity index (χ4n) is 2.51. The van der Waals surface area contributed by atoms with Crippen molar-refractivity contribution in [3.63, 3.8) is 0 Å². The SMILES string of the molecule is CN=C(NCc1cccc(OCC(N)=O)c1)N(C)Cc1cc(Br)cn1C.I. The summed E-state index contributed by atoms with van der Waals surface area (Å²) in [5.41, 5.74) is 7.29. The number of aryl methyl sites for hydroxylation is 1. The number of benzene rings is 1. The van der Waals surface area contributed by atoms with E-state index in [4.69, 9.17) is 10.5 Å². The molecule has 0 fully saturated rings. The molecule has 27 heavy (non-hydrogen) atoms. The first-order chi connectivity index (χ1) is 12.4. The number of carbonyl (C=O) groups is 1. The molecular weight excluding hydrogens is 525 g/mol. The zero-order valence-corrected chi connectivity index (χ0v) is 19.5. The van der Waals surface area contributed by atoms with Gasteiger partial charge < -0.3 is 25.3 Å². The summed E-state index contributed by atoms with van der Waals surface area (Å²) in [6.45, 7) is 1.18. The maximum Gasteiger partial charge on any atom is 0.255 e. The number of carbonyl (C=O) groups excluding carboxylic acids is 1. The van der Waals surface area contributed by atoms with E-state index in [1.165, 1.54) is 5.69 Å². The summed E-state index contributed by atoms with van der Waals surface area (Å²) < 4.78 is 8.46. The zero-order chi connectivity index (χ0) is 19.1. The van der Waals surface area contributed by atoms with E-state index >= 15 is 0 Å². The van der Waals surface area contributed by atoms with Crippen LogP contribution in [0.15, 0.2) is 46.0 Å². The second kappa shape index (κ2) is 11.2. The van der Waals surface area contributed by atoms with E-state index in [9.17, 15) is 4.79 Å². The van der Waals surface area contributed by atoms with Gasteiger partial charge in [-0.15, -0.1) is 24.0 Å². The molecule has 1 heterocycles. The normalized spacial score (nSPS) is 10.9. The first-order valence-electron chi connectivity index (χ1n) is 8.11. The van der Waals surface area contributed by atoms with Crippen molar-refractivity contribution in [2.24, 2.45) is 17.8 Å². The molecule has 0 saturated heterocycles. The third-order valence-electron chi connectivity index (χ3n) is 3.78. The standard InChI is InChI=1S/C18H24BrN5O2.HI/c1-21-18(24(3)11-15-8-14(19)10-23(15)2)22-9-13-5-4-6-16(7-13)26-12-17(20)25;/h4-8,10H,9,11-12H2,1-3H3,(H2,20,25)(H,21,22);1H. The predicted octanol–water partition coefficient (Wildman–Crippen LogP) is 2.48. The van der Waals surface area contributed by atoms with Gasteiger partial charge in [-0.25, -0.2) is 0 Å². The fourth-order valence-corrected chi connectivity index (χ4v) is 3.08. The predicted molar refractivity (Wildman–Crippen MR) is 121 cm³/mol. The van der Waals surface area contributed by atoms with Crippen LogP contribution in [0.25, 0.3) is 0 Å². The van der Waals surface area contributed by atoms with Gasteiger partial charge in [0.25, 0.3) is 5.91 Å². The summed E-state index contributed by atoms with van der Waals surface area (Å²) in [7, 11) is 5.76. The van der Waals surface area contributed by atoms with E-state index in [2.05, 4.69) is 41.8 Å². The summed E-state index contributed by atoms with van der Waals surface area (Å²) in [6.07, 6.45) is 2.02. The fraction of sp³-hybridized carbons (Fsp3) is 0.333. The van der Waals surface area contributed by atoms with Crippen LogP contribution in [0.4, 0.5) is 0 Å². The molecule has 0 aliphatic rings. The van der Waals surface area contributed by atoms with Gasteiger partial charge in [-0.05, 0) is 39.7 Å². The third-order valence-corrected chi connectivity index (χ3v) is 4.21. The van der Waals surface area contributed by atoms with E-state index < -0.39 is 5.91 Å². The van der Waals surface area contributed by atoms with Gasteiger partial charge >= 0.3 is 0 Å². The Morgan fingerprint density at radius 2 is 2.15 bits per heavy atom. The van der Waals surface area contributed by atoms with E-state index in [1.54, 1.807) is 13.1 Å². The number of nitrogens with zero attached hydrogens (tertiary/aromatic N) is 3. The molecule has 0 spiro atoms. The molecule has 2 aromatic rings. The van der Waals surface area contributed by atoms with Crippen LogP contribution in [-0.4, -0.2) is 42.0 Å². The number of primary amides is 1. The highest BCUT2D eigenvalue weighted by atomic mass is 127. The lowest BCUT2D eigenvalue weighted by Crippen LogP contribution is -2.38. The van der Waals surface area contributed by atoms with Crippen molar-refractivity contribution >= 4 is 51.8 Å². The number of aromatic nitrogens is 1. The van der Waals surface area contributed by atoms with E-state index in [0.29, 0.717) is 12.3 Å². The highest BCUT2D eigenvalue weighted by molar-refractivity contribution is 14.0. The molecule has 0 aliphatic carbocycles. The van der Waals surface area contributed by atoms with Crippen LogP contribution in [0.3, 0.4) is 0 Å². The molecule has 0 aliphatic heterocycles. The largest absolute Gasteiger partial charge is 0.484 e. The molecule has 0 radical (unpaired) electrons. The van der Waals surface area contributed by atoms with Crippen LogP contribution in [0, 0.1) is 0 Å². The Balaban J connectivity index is 0.00000364. The summed E-state index contributed by atoms with van der Waals surface area (Å²) >= 11 is 3.49. The number of amides is 1. The zero-order valence-electron chi connectivity index (χ0n) is 15.6. The molecule has 148 valence electrons. The number of halogens is 2. The number of aliphatic imine (C=N–C) groups is 1. The van der Waals surface area contributed by atoms with Crippen molar-refractivity contribution in [3.8, 4) is 5.75 Å². The molecule has 0 unspecified atom stereocenters. The second-order valence-corrected chi connectivity index (χ2v) is 6.84. The van der Waals surface area contributed by atoms with Crippen LogP contribution in [-0.2, 0) is 24.9 Å². The highest BCUT2D eigenvalue weighted by Gasteiger charge is 2.10. The monoisotopic (exact) mass is 549 g/mol. The second-order valence-electron chi connectivity index (χ2n) is 5.92. The Morgan fingerprint density at radius 1 is 1.41 bits per heavy atom. The lowest BCUT2D eigenvalue weighted by molar-refractivity contribution is -0.119. The number of ether oxygens (including phenoxy) is 1. The van der Waals surface area contributed by atoms with Crippen LogP contribution < -0.4 is 15.8 Å². The van der Waals surface area contributed by atoms with Crippen molar-refractivity contribution in [2.75, 3.05) is 20.7 Å². The van der Waals surface area contributed by atoms with Gasteiger partial charge in [0.15, 0.2) is 12.6 Å². The van der Waals surface area contributed by atoms with Crippen molar-refractivity contribution in [1.29, 1.82) is 0 Å². The molecule has 0 saturated carbocycles. The number of hydrogen-bond donors (Lipinski definition) is 2. The minimum absolute atomic E-state index is 0. The lowest BCUT2D eigenvalue weighted by Gasteiger charge is -2.22. The van der Waals surface area contributed by atoms with Crippen LogP contribution in [0.2, 0.25) is 0 Å². The quantitative estimate of drug-likeness (QED) is 0.316. The number of guanidine groups is 1. The smallest absolute Gasteiger partial charge is 0.255 e. The van der Waals surface area contributed by atoms with Crippen molar-refractivity contribution in [2.45, 2.75) is 13.1 Å². The Bertz CT molecular complexity index is 794. The summed E-state index contributed by atoms with van der Waals surface area (Å²) in [5, 5.41) is 3.33. The number of rotatable bonds is 7.